The SMILES string of the molecule is Cc1ncsc1-c1ccc(CNC(=O)[C@@H]2C[C@@H](O)CN2C(=O)[C@@H](NC(=O)CN2CCC(c3cnc(N4CCC(c5c[nH]c6nnc(-c7ccccc7O)cc56)CC4)nc3)CC2)C(C)(C)C)cc1. The normalized spacial score (nSPS) is 19.2. The number of nitrogens with zero attached hydrogens (tertiary/aromatic N) is 8. The monoisotopic (exact) mass is 925 g/mol. The Kier molecular flexibility index (Phi) is 13.3. The van der Waals surface area contributed by atoms with Gasteiger partial charge in [0.2, 0.25) is 23.7 Å². The Morgan fingerprint density at radius 1 is 0.925 bits per heavy atom. The van der Waals surface area contributed by atoms with Crippen molar-refractivity contribution in [1.29, 1.82) is 0 Å². The Balaban J connectivity index is 0.742. The fourth-order valence-corrected chi connectivity index (χ4v) is 10.6. The number of rotatable bonds is 12. The summed E-state index contributed by atoms with van der Waals surface area (Å²) in [7, 11) is 0. The molecule has 3 fully saturated rings. The predicted octanol–water partition coefficient (Wildman–Crippen LogP) is 5.92. The van der Waals surface area contributed by atoms with Gasteiger partial charge in [0.15, 0.2) is 5.65 Å². The molecule has 3 aliphatic rings. The molecule has 0 unspecified atom stereocenters. The van der Waals surface area contributed by atoms with Crippen molar-refractivity contribution in [3.63, 3.8) is 0 Å². The van der Waals surface area contributed by atoms with Crippen LogP contribution >= 0.6 is 11.3 Å². The molecule has 67 heavy (non-hydrogen) atoms. The number of aryl methyl sites for hydroxylation is 1. The molecule has 4 aromatic heterocycles. The molecule has 9 rings (SSSR count). The van der Waals surface area contributed by atoms with E-state index >= 15 is 0 Å². The van der Waals surface area contributed by atoms with Crippen LogP contribution in [0.4, 0.5) is 5.95 Å². The van der Waals surface area contributed by atoms with Crippen molar-refractivity contribution < 1.29 is 24.6 Å². The molecule has 0 saturated carbocycles. The van der Waals surface area contributed by atoms with E-state index in [-0.39, 0.29) is 55.4 Å². The first-order chi connectivity index (χ1) is 32.3. The van der Waals surface area contributed by atoms with Crippen molar-refractivity contribution in [2.24, 2.45) is 5.41 Å². The van der Waals surface area contributed by atoms with Gasteiger partial charge in [0.25, 0.3) is 0 Å². The summed E-state index contributed by atoms with van der Waals surface area (Å²) in [6.45, 7) is 11.2. The van der Waals surface area contributed by atoms with Crippen LogP contribution < -0.4 is 15.5 Å². The zero-order valence-corrected chi connectivity index (χ0v) is 39.3. The van der Waals surface area contributed by atoms with Crippen molar-refractivity contribution >= 4 is 46.0 Å². The third kappa shape index (κ3) is 10.2. The zero-order chi connectivity index (χ0) is 46.8. The van der Waals surface area contributed by atoms with Crippen LogP contribution in [0.15, 0.2) is 78.7 Å². The summed E-state index contributed by atoms with van der Waals surface area (Å²) in [5.74, 6) is 0.544. The third-order valence-electron chi connectivity index (χ3n) is 13.7. The first-order valence-electron chi connectivity index (χ1n) is 23.3. The molecule has 3 atom stereocenters. The van der Waals surface area contributed by atoms with E-state index in [0.29, 0.717) is 30.3 Å². The van der Waals surface area contributed by atoms with E-state index in [0.717, 1.165) is 83.0 Å². The predicted molar refractivity (Wildman–Crippen MR) is 257 cm³/mol. The number of para-hydroxylation sites is 1. The summed E-state index contributed by atoms with van der Waals surface area (Å²) >= 11 is 1.58. The second-order valence-corrected chi connectivity index (χ2v) is 20.2. The van der Waals surface area contributed by atoms with E-state index in [2.05, 4.69) is 40.6 Å². The molecule has 3 amide bonds. The molecular weight excluding hydrogens is 867 g/mol. The molecule has 2 aromatic carbocycles. The van der Waals surface area contributed by atoms with Crippen molar-refractivity contribution in [2.45, 2.75) is 96.4 Å². The highest BCUT2D eigenvalue weighted by atomic mass is 32.1. The highest BCUT2D eigenvalue weighted by Gasteiger charge is 2.44. The fourth-order valence-electron chi connectivity index (χ4n) is 9.81. The lowest BCUT2D eigenvalue weighted by Crippen LogP contribution is -2.58. The van der Waals surface area contributed by atoms with Gasteiger partial charge < -0.3 is 35.6 Å². The highest BCUT2D eigenvalue weighted by Crippen LogP contribution is 2.37. The molecule has 3 aliphatic heterocycles. The van der Waals surface area contributed by atoms with Crippen LogP contribution in [-0.4, -0.2) is 125 Å². The average molecular weight is 926 g/mol. The number of fused-ring (bicyclic) bond motifs is 1. The lowest BCUT2D eigenvalue weighted by Gasteiger charge is -2.36. The van der Waals surface area contributed by atoms with Gasteiger partial charge in [0, 0.05) is 62.1 Å². The minimum Gasteiger partial charge on any atom is -0.507 e. The topological polar surface area (TPSA) is 206 Å². The third-order valence-corrected chi connectivity index (χ3v) is 14.6. The summed E-state index contributed by atoms with van der Waals surface area (Å²) in [5, 5.41) is 36.8. The number of phenolic OH excluding ortho intramolecular Hbond substituents is 1. The minimum absolute atomic E-state index is 0.0193. The molecule has 16 nitrogen and oxygen atoms in total. The number of hydrogen-bond donors (Lipinski definition) is 5. The van der Waals surface area contributed by atoms with Crippen LogP contribution in [0, 0.1) is 12.3 Å². The van der Waals surface area contributed by atoms with Gasteiger partial charge >= 0.3 is 0 Å². The van der Waals surface area contributed by atoms with Crippen molar-refractivity contribution in [1.82, 2.24) is 50.6 Å². The molecule has 0 radical (unpaired) electrons. The number of aromatic hydroxyl groups is 1. The van der Waals surface area contributed by atoms with Gasteiger partial charge in [-0.3, -0.25) is 19.3 Å². The van der Waals surface area contributed by atoms with E-state index in [1.807, 2.05) is 94.3 Å². The second-order valence-electron chi connectivity index (χ2n) is 19.3. The van der Waals surface area contributed by atoms with Gasteiger partial charge in [-0.15, -0.1) is 21.5 Å². The minimum atomic E-state index is -0.893. The number of β-amino-alcohol motifs (C(OH)–C–C–N with tert-alkyl or cyclic N) is 1. The van der Waals surface area contributed by atoms with E-state index in [1.165, 1.54) is 10.5 Å². The number of thiazole rings is 1. The van der Waals surface area contributed by atoms with Crippen LogP contribution in [-0.2, 0) is 20.9 Å². The van der Waals surface area contributed by atoms with Gasteiger partial charge in [-0.25, -0.2) is 15.0 Å². The summed E-state index contributed by atoms with van der Waals surface area (Å²) < 4.78 is 0. The van der Waals surface area contributed by atoms with E-state index in [4.69, 9.17) is 9.97 Å². The molecule has 350 valence electrons. The maximum Gasteiger partial charge on any atom is 0.246 e. The number of carbonyl (C=O) groups is 3. The molecule has 3 saturated heterocycles. The number of piperidine rings is 2. The number of aromatic nitrogens is 6. The highest BCUT2D eigenvalue weighted by molar-refractivity contribution is 7.13. The largest absolute Gasteiger partial charge is 0.507 e. The number of hydrogen-bond acceptors (Lipinski definition) is 13. The number of aliphatic hydroxyl groups excluding tert-OH is 1. The van der Waals surface area contributed by atoms with Gasteiger partial charge in [-0.1, -0.05) is 57.2 Å². The summed E-state index contributed by atoms with van der Waals surface area (Å²) in [4.78, 5) is 65.5. The molecule has 5 N–H and O–H groups in total. The number of anilines is 1. The van der Waals surface area contributed by atoms with Crippen LogP contribution in [0.25, 0.3) is 32.7 Å². The summed E-state index contributed by atoms with van der Waals surface area (Å²) in [5.41, 5.74) is 8.45. The Bertz CT molecular complexity index is 2700. The van der Waals surface area contributed by atoms with E-state index < -0.39 is 23.6 Å². The maximum atomic E-state index is 14.2. The van der Waals surface area contributed by atoms with Gasteiger partial charge in [-0.2, -0.15) is 0 Å². The Morgan fingerprint density at radius 3 is 2.33 bits per heavy atom. The molecule has 7 heterocycles. The van der Waals surface area contributed by atoms with Gasteiger partial charge in [-0.05, 0) is 103 Å². The number of aliphatic hydroxyl groups is 1. The molecule has 17 heteroatoms. The number of nitrogens with one attached hydrogen (secondary N) is 3. The lowest BCUT2D eigenvalue weighted by atomic mass is 9.85. The van der Waals surface area contributed by atoms with E-state index in [1.54, 1.807) is 23.5 Å². The summed E-state index contributed by atoms with van der Waals surface area (Å²) in [6, 6.07) is 15.4. The van der Waals surface area contributed by atoms with Crippen molar-refractivity contribution in [3.05, 3.63) is 101 Å². The fraction of sp³-hybridized carbons (Fsp3) is 0.440. The number of aromatic amines is 1. The molecule has 6 aromatic rings. The van der Waals surface area contributed by atoms with Crippen LogP contribution in [0.3, 0.4) is 0 Å². The second kappa shape index (κ2) is 19.5. The Morgan fingerprint density at radius 2 is 1.64 bits per heavy atom. The lowest BCUT2D eigenvalue weighted by molar-refractivity contribution is -0.144. The summed E-state index contributed by atoms with van der Waals surface area (Å²) in [6.07, 6.45) is 8.79. The van der Waals surface area contributed by atoms with Crippen molar-refractivity contribution in [3.8, 4) is 27.4 Å². The number of carbonyl (C=O) groups excluding carboxylic acids is 3. The smallest absolute Gasteiger partial charge is 0.246 e. The number of amides is 3. The van der Waals surface area contributed by atoms with Crippen LogP contribution in [0.5, 0.6) is 5.75 Å². The molecular formula is C50H59N11O5S. The number of benzene rings is 2. The van der Waals surface area contributed by atoms with E-state index in [9.17, 15) is 24.6 Å². The maximum absolute atomic E-state index is 14.2. The van der Waals surface area contributed by atoms with Crippen molar-refractivity contribution in [2.75, 3.05) is 44.2 Å². The van der Waals surface area contributed by atoms with Gasteiger partial charge in [0.1, 0.15) is 17.8 Å². The van der Waals surface area contributed by atoms with Gasteiger partial charge in [0.05, 0.1) is 34.4 Å². The standard InChI is InChI=1S/C50H59N11O5S/c1-30-44(67-29-55-30)34-11-9-31(10-12-34)23-52-47(65)41-21-36(62)27-61(41)48(66)45(50(2,3)4)56-43(64)28-59-17-13-32(14-18-59)35-24-53-49(54-25-35)60-19-15-33(16-20-60)39-26-51-46-38(39)22-40(57-58-46)37-7-5-6-8-42(37)63/h5-12,22,24-26,29,32-33,36,41,45,62-63H,13-21,23,27-28H2,1-4H3,(H,51,58)(H,52,65)(H,56,64)/t36-,41+,45-/m1/s1. The Labute approximate surface area is 394 Å². The molecule has 0 spiro atoms. The Hall–Kier alpha value is -6.30. The number of likely N-dealkylation sites (tertiary alicyclic amines) is 2. The first kappa shape index (κ1) is 45.8. The van der Waals surface area contributed by atoms with Crippen LogP contribution in [0.1, 0.15) is 87.1 Å². The van der Waals surface area contributed by atoms with Crippen LogP contribution in [0.2, 0.25) is 0 Å². The average Bonchev–Trinajstić information content (AvgIpc) is 4.08. The number of phenols is 1. The molecule has 0 bridgehead atoms. The zero-order valence-electron chi connectivity index (χ0n) is 38.5. The number of H-pyrrole nitrogens is 1. The molecule has 0 aliphatic carbocycles. The first-order valence-corrected chi connectivity index (χ1v) is 24.1. The quantitative estimate of drug-likeness (QED) is 0.0970.